The van der Waals surface area contributed by atoms with Crippen molar-refractivity contribution in [2.75, 3.05) is 24.6 Å². The molecule has 0 aromatic carbocycles. The molecule has 3 nitrogen and oxygen atoms in total. The van der Waals surface area contributed by atoms with Gasteiger partial charge >= 0.3 is 0 Å². The predicted molar refractivity (Wildman–Crippen MR) is 47.0 cm³/mol. The summed E-state index contributed by atoms with van der Waals surface area (Å²) in [6.07, 6.45) is 1.57. The van der Waals surface area contributed by atoms with E-state index in [1.54, 1.807) is 12.3 Å². The molecule has 4 heteroatoms. The quantitative estimate of drug-likeness (QED) is 0.729. The van der Waals surface area contributed by atoms with Crippen molar-refractivity contribution in [2.45, 2.75) is 0 Å². The Hall–Kier alpha value is -1.16. The highest BCUT2D eigenvalue weighted by Gasteiger charge is 2.28. The molecule has 13 heavy (non-hydrogen) atoms. The highest BCUT2D eigenvalue weighted by Crippen LogP contribution is 2.24. The van der Waals surface area contributed by atoms with E-state index < -0.39 is 0 Å². The molecule has 1 aromatic heterocycles. The van der Waals surface area contributed by atoms with Crippen molar-refractivity contribution in [3.8, 4) is 0 Å². The molecule has 2 rings (SSSR count). The first-order valence-corrected chi connectivity index (χ1v) is 4.27. The number of hydrogen-bond acceptors (Lipinski definition) is 3. The molecule has 1 aliphatic heterocycles. The summed E-state index contributed by atoms with van der Waals surface area (Å²) in [6, 6.07) is 2.97. The number of hydrogen-bond donors (Lipinski definition) is 1. The average molecular weight is 182 g/mol. The molecule has 0 amide bonds. The minimum Gasteiger partial charge on any atom is -0.396 e. The minimum absolute atomic E-state index is 0.172. The zero-order valence-corrected chi connectivity index (χ0v) is 7.15. The Labute approximate surface area is 75.8 Å². The van der Waals surface area contributed by atoms with E-state index >= 15 is 0 Å². The number of rotatable bonds is 2. The van der Waals surface area contributed by atoms with Crippen LogP contribution in [-0.2, 0) is 0 Å². The average Bonchev–Trinajstić information content (AvgIpc) is 2.06. The topological polar surface area (TPSA) is 36.4 Å². The summed E-state index contributed by atoms with van der Waals surface area (Å²) in [5, 5.41) is 8.78. The summed E-state index contributed by atoms with van der Waals surface area (Å²) in [6.45, 7) is 1.57. The second-order valence-electron chi connectivity index (χ2n) is 3.26. The van der Waals surface area contributed by atoms with Crippen LogP contribution in [0.4, 0.5) is 10.2 Å². The molecular weight excluding hydrogens is 171 g/mol. The number of aromatic nitrogens is 1. The minimum atomic E-state index is -0.293. The Balaban J connectivity index is 2.07. The van der Waals surface area contributed by atoms with Gasteiger partial charge < -0.3 is 10.0 Å². The fourth-order valence-corrected chi connectivity index (χ4v) is 1.47. The maximum absolute atomic E-state index is 13.1. The van der Waals surface area contributed by atoms with Crippen LogP contribution in [0, 0.1) is 11.7 Å². The van der Waals surface area contributed by atoms with Crippen LogP contribution in [0.25, 0.3) is 0 Å². The summed E-state index contributed by atoms with van der Waals surface area (Å²) in [5.74, 6) is 0.382. The van der Waals surface area contributed by atoms with Gasteiger partial charge in [0.25, 0.3) is 0 Å². The van der Waals surface area contributed by atoms with Gasteiger partial charge in [0.2, 0.25) is 0 Å². The second kappa shape index (κ2) is 3.30. The third-order valence-corrected chi connectivity index (χ3v) is 2.25. The Morgan fingerprint density at radius 1 is 1.62 bits per heavy atom. The lowest BCUT2D eigenvalue weighted by molar-refractivity contribution is 0.199. The van der Waals surface area contributed by atoms with Crippen LogP contribution < -0.4 is 4.90 Å². The van der Waals surface area contributed by atoms with Crippen LogP contribution in [-0.4, -0.2) is 29.8 Å². The number of nitrogens with zero attached hydrogens (tertiary/aromatic N) is 2. The van der Waals surface area contributed by atoms with Crippen molar-refractivity contribution in [3.05, 3.63) is 24.1 Å². The summed E-state index contributed by atoms with van der Waals surface area (Å²) in [4.78, 5) is 5.77. The third-order valence-electron chi connectivity index (χ3n) is 2.25. The number of halogens is 1. The van der Waals surface area contributed by atoms with Gasteiger partial charge in [0.15, 0.2) is 11.6 Å². The van der Waals surface area contributed by atoms with Crippen molar-refractivity contribution in [1.29, 1.82) is 0 Å². The van der Waals surface area contributed by atoms with E-state index in [2.05, 4.69) is 4.98 Å². The van der Waals surface area contributed by atoms with Gasteiger partial charge in [-0.3, -0.25) is 0 Å². The third kappa shape index (κ3) is 1.49. The van der Waals surface area contributed by atoms with Crippen LogP contribution in [0.15, 0.2) is 18.3 Å². The van der Waals surface area contributed by atoms with Crippen molar-refractivity contribution >= 4 is 5.82 Å². The maximum atomic E-state index is 13.1. The lowest BCUT2D eigenvalue weighted by Crippen LogP contribution is -2.49. The molecule has 0 unspecified atom stereocenters. The largest absolute Gasteiger partial charge is 0.396 e. The van der Waals surface area contributed by atoms with E-state index in [4.69, 9.17) is 5.11 Å². The normalized spacial score (nSPS) is 17.2. The van der Waals surface area contributed by atoms with Gasteiger partial charge in [-0.2, -0.15) is 0 Å². The molecule has 0 bridgehead atoms. The summed E-state index contributed by atoms with van der Waals surface area (Å²) in [7, 11) is 0. The van der Waals surface area contributed by atoms with Crippen LogP contribution in [0.5, 0.6) is 0 Å². The molecule has 0 spiro atoms. The van der Waals surface area contributed by atoms with Crippen LogP contribution >= 0.6 is 0 Å². The first-order valence-electron chi connectivity index (χ1n) is 4.27. The van der Waals surface area contributed by atoms with Crippen LogP contribution in [0.1, 0.15) is 0 Å². The van der Waals surface area contributed by atoms with Gasteiger partial charge in [-0.25, -0.2) is 9.37 Å². The number of aliphatic hydroxyl groups excluding tert-OH is 1. The maximum Gasteiger partial charge on any atom is 0.165 e. The Bertz CT molecular complexity index is 299. The highest BCUT2D eigenvalue weighted by molar-refractivity contribution is 5.42. The van der Waals surface area contributed by atoms with E-state index in [-0.39, 0.29) is 18.3 Å². The molecule has 1 saturated heterocycles. The van der Waals surface area contributed by atoms with Gasteiger partial charge in [0.05, 0.1) is 0 Å². The molecule has 70 valence electrons. The molecule has 1 aliphatic rings. The monoisotopic (exact) mass is 182 g/mol. The summed E-state index contributed by atoms with van der Waals surface area (Å²) >= 11 is 0. The molecular formula is C9H11FN2O. The molecule has 1 N–H and O–H groups in total. The van der Waals surface area contributed by atoms with Crippen molar-refractivity contribution in [2.24, 2.45) is 5.92 Å². The standard InChI is InChI=1S/C9H11FN2O/c10-8-2-1-3-11-9(8)12-4-7(5-12)6-13/h1-3,7,13H,4-6H2. The molecule has 0 aliphatic carbocycles. The van der Waals surface area contributed by atoms with Crippen LogP contribution in [0.2, 0.25) is 0 Å². The van der Waals surface area contributed by atoms with Gasteiger partial charge in [0.1, 0.15) is 0 Å². The smallest absolute Gasteiger partial charge is 0.165 e. The SMILES string of the molecule is OCC1CN(c2ncccc2F)C1. The van der Waals surface area contributed by atoms with Crippen LogP contribution in [0.3, 0.4) is 0 Å². The number of pyridine rings is 1. The molecule has 0 atom stereocenters. The van der Waals surface area contributed by atoms with E-state index in [0.29, 0.717) is 18.9 Å². The van der Waals surface area contributed by atoms with Gasteiger partial charge in [-0.15, -0.1) is 0 Å². The Kier molecular flexibility index (Phi) is 2.14. The van der Waals surface area contributed by atoms with Gasteiger partial charge in [-0.1, -0.05) is 0 Å². The van der Waals surface area contributed by atoms with Crippen molar-refractivity contribution in [1.82, 2.24) is 4.98 Å². The fourth-order valence-electron chi connectivity index (χ4n) is 1.47. The zero-order chi connectivity index (χ0) is 9.26. The summed E-state index contributed by atoms with van der Waals surface area (Å²) in [5.41, 5.74) is 0. The van der Waals surface area contributed by atoms with Gasteiger partial charge in [0, 0.05) is 31.8 Å². The molecule has 0 saturated carbocycles. The first-order chi connectivity index (χ1) is 6.31. The second-order valence-corrected chi connectivity index (χ2v) is 3.26. The number of anilines is 1. The Morgan fingerprint density at radius 3 is 3.00 bits per heavy atom. The summed E-state index contributed by atoms with van der Waals surface area (Å²) < 4.78 is 13.1. The number of aliphatic hydroxyl groups is 1. The van der Waals surface area contributed by atoms with Crippen molar-refractivity contribution < 1.29 is 9.50 Å². The lowest BCUT2D eigenvalue weighted by atomic mass is 10.0. The van der Waals surface area contributed by atoms with E-state index in [0.717, 1.165) is 0 Å². The van der Waals surface area contributed by atoms with E-state index in [1.807, 2.05) is 4.90 Å². The molecule has 2 heterocycles. The van der Waals surface area contributed by atoms with E-state index in [1.165, 1.54) is 6.07 Å². The van der Waals surface area contributed by atoms with E-state index in [9.17, 15) is 4.39 Å². The highest BCUT2D eigenvalue weighted by atomic mass is 19.1. The zero-order valence-electron chi connectivity index (χ0n) is 7.15. The lowest BCUT2D eigenvalue weighted by Gasteiger charge is -2.39. The van der Waals surface area contributed by atoms with Gasteiger partial charge in [-0.05, 0) is 12.1 Å². The fraction of sp³-hybridized carbons (Fsp3) is 0.444. The Morgan fingerprint density at radius 2 is 2.38 bits per heavy atom. The molecule has 1 fully saturated rings. The molecule has 1 aromatic rings. The van der Waals surface area contributed by atoms with Crippen molar-refractivity contribution in [3.63, 3.8) is 0 Å². The first kappa shape index (κ1) is 8.44. The predicted octanol–water partition coefficient (Wildman–Crippen LogP) is 0.649. The molecule has 0 radical (unpaired) electrons.